The standard InChI is InChI=1S/C23H30N2O3S/c1-4-22(26)25(18-9-6-5-7-10-18)19-12-13-24(20(15-19)16-28-3)17(2)23(27)21-11-8-14-29-21/h5-11,14,17,19-20H,4,12-13,15-16H2,1-3H3. The van der Waals surface area contributed by atoms with Crippen molar-refractivity contribution in [3.05, 3.63) is 52.7 Å². The van der Waals surface area contributed by atoms with Gasteiger partial charge in [0.25, 0.3) is 0 Å². The molecule has 5 nitrogen and oxygen atoms in total. The molecule has 1 aromatic carbocycles. The Morgan fingerprint density at radius 2 is 2.00 bits per heavy atom. The van der Waals surface area contributed by atoms with E-state index in [2.05, 4.69) is 4.90 Å². The van der Waals surface area contributed by atoms with Crippen LogP contribution in [0.4, 0.5) is 5.69 Å². The van der Waals surface area contributed by atoms with Gasteiger partial charge in [-0.2, -0.15) is 0 Å². The first-order chi connectivity index (χ1) is 14.1. The van der Waals surface area contributed by atoms with Gasteiger partial charge < -0.3 is 9.64 Å². The number of ether oxygens (including phenoxy) is 1. The number of Topliss-reactive ketones (excluding diaryl/α,β-unsaturated/α-hetero) is 1. The van der Waals surface area contributed by atoms with Crippen molar-refractivity contribution in [3.63, 3.8) is 0 Å². The van der Waals surface area contributed by atoms with Crippen LogP contribution in [-0.4, -0.2) is 55.0 Å². The molecule has 0 N–H and O–H groups in total. The van der Waals surface area contributed by atoms with Crippen molar-refractivity contribution in [2.75, 3.05) is 25.2 Å². The summed E-state index contributed by atoms with van der Waals surface area (Å²) in [6, 6.07) is 13.7. The monoisotopic (exact) mass is 414 g/mol. The van der Waals surface area contributed by atoms with Gasteiger partial charge in [-0.15, -0.1) is 11.3 Å². The Labute approximate surface area is 177 Å². The van der Waals surface area contributed by atoms with Crippen LogP contribution in [0.15, 0.2) is 47.8 Å². The molecule has 1 saturated heterocycles. The molecule has 1 fully saturated rings. The van der Waals surface area contributed by atoms with E-state index in [0.29, 0.717) is 13.0 Å². The highest BCUT2D eigenvalue weighted by atomic mass is 32.1. The quantitative estimate of drug-likeness (QED) is 0.606. The van der Waals surface area contributed by atoms with E-state index < -0.39 is 0 Å². The van der Waals surface area contributed by atoms with Gasteiger partial charge in [0, 0.05) is 37.8 Å². The van der Waals surface area contributed by atoms with Crippen molar-refractivity contribution in [2.24, 2.45) is 0 Å². The zero-order valence-corrected chi connectivity index (χ0v) is 18.2. The number of likely N-dealkylation sites (tertiary alicyclic amines) is 1. The molecule has 3 atom stereocenters. The first-order valence-electron chi connectivity index (χ1n) is 10.3. The summed E-state index contributed by atoms with van der Waals surface area (Å²) in [5, 5.41) is 1.94. The third-order valence-electron chi connectivity index (χ3n) is 5.70. The molecule has 6 heteroatoms. The molecule has 1 aromatic heterocycles. The number of anilines is 1. The van der Waals surface area contributed by atoms with Crippen LogP contribution in [0.2, 0.25) is 0 Å². The summed E-state index contributed by atoms with van der Waals surface area (Å²) in [6.07, 6.45) is 2.09. The highest BCUT2D eigenvalue weighted by molar-refractivity contribution is 7.12. The van der Waals surface area contributed by atoms with Gasteiger partial charge in [0.2, 0.25) is 5.91 Å². The highest BCUT2D eigenvalue weighted by Gasteiger charge is 2.37. The average Bonchev–Trinajstić information content (AvgIpc) is 3.29. The summed E-state index contributed by atoms with van der Waals surface area (Å²) >= 11 is 1.49. The molecule has 0 aliphatic carbocycles. The summed E-state index contributed by atoms with van der Waals surface area (Å²) in [5.74, 6) is 0.289. The van der Waals surface area contributed by atoms with Crippen LogP contribution in [0, 0.1) is 0 Å². The first kappa shape index (κ1) is 21.7. The van der Waals surface area contributed by atoms with Gasteiger partial charge in [-0.1, -0.05) is 31.2 Å². The second-order valence-electron chi connectivity index (χ2n) is 7.50. The molecule has 0 radical (unpaired) electrons. The van der Waals surface area contributed by atoms with Gasteiger partial charge >= 0.3 is 0 Å². The number of para-hydroxylation sites is 1. The lowest BCUT2D eigenvalue weighted by Gasteiger charge is -2.45. The SMILES string of the molecule is CCC(=O)N(c1ccccc1)C1CCN(C(C)C(=O)c2cccs2)C(COC)C1. The predicted octanol–water partition coefficient (Wildman–Crippen LogP) is 4.24. The molecular weight excluding hydrogens is 384 g/mol. The second kappa shape index (κ2) is 10.1. The number of rotatable bonds is 8. The van der Waals surface area contributed by atoms with Crippen molar-refractivity contribution in [2.45, 2.75) is 51.2 Å². The first-order valence-corrected chi connectivity index (χ1v) is 11.1. The van der Waals surface area contributed by atoms with Crippen LogP contribution in [0.1, 0.15) is 42.8 Å². The van der Waals surface area contributed by atoms with E-state index in [4.69, 9.17) is 4.74 Å². The van der Waals surface area contributed by atoms with Crippen molar-refractivity contribution in [3.8, 4) is 0 Å². The molecule has 2 heterocycles. The zero-order valence-electron chi connectivity index (χ0n) is 17.4. The number of ketones is 1. The van der Waals surface area contributed by atoms with E-state index in [1.54, 1.807) is 7.11 Å². The fourth-order valence-electron chi connectivity index (χ4n) is 4.24. The minimum atomic E-state index is -0.207. The molecule has 3 rings (SSSR count). The largest absolute Gasteiger partial charge is 0.383 e. The van der Waals surface area contributed by atoms with Crippen LogP contribution in [0.25, 0.3) is 0 Å². The number of amides is 1. The van der Waals surface area contributed by atoms with E-state index in [1.165, 1.54) is 11.3 Å². The number of hydrogen-bond acceptors (Lipinski definition) is 5. The second-order valence-corrected chi connectivity index (χ2v) is 8.44. The van der Waals surface area contributed by atoms with Gasteiger partial charge in [0.15, 0.2) is 5.78 Å². The van der Waals surface area contributed by atoms with Crippen LogP contribution >= 0.6 is 11.3 Å². The molecule has 0 saturated carbocycles. The molecular formula is C23H30N2O3S. The van der Waals surface area contributed by atoms with Crippen LogP contribution in [0.3, 0.4) is 0 Å². The molecule has 1 aliphatic rings. The number of piperidine rings is 1. The Hall–Kier alpha value is -2.02. The smallest absolute Gasteiger partial charge is 0.226 e. The normalized spacial score (nSPS) is 20.9. The van der Waals surface area contributed by atoms with Gasteiger partial charge in [-0.25, -0.2) is 0 Å². The van der Waals surface area contributed by atoms with E-state index in [-0.39, 0.29) is 29.8 Å². The van der Waals surface area contributed by atoms with E-state index in [0.717, 1.165) is 30.0 Å². The Balaban J connectivity index is 1.79. The van der Waals surface area contributed by atoms with E-state index >= 15 is 0 Å². The fourth-order valence-corrected chi connectivity index (χ4v) is 4.99. The third-order valence-corrected chi connectivity index (χ3v) is 6.59. The summed E-state index contributed by atoms with van der Waals surface area (Å²) in [5.41, 5.74) is 0.941. The summed E-state index contributed by atoms with van der Waals surface area (Å²) in [7, 11) is 1.69. The number of carbonyl (C=O) groups excluding carboxylic acids is 2. The average molecular weight is 415 g/mol. The number of thiophene rings is 1. The Bertz CT molecular complexity index is 794. The molecule has 1 aliphatic heterocycles. The predicted molar refractivity (Wildman–Crippen MR) is 118 cm³/mol. The lowest BCUT2D eigenvalue weighted by molar-refractivity contribution is -0.119. The number of nitrogens with zero attached hydrogens (tertiary/aromatic N) is 2. The molecule has 0 bridgehead atoms. The van der Waals surface area contributed by atoms with Crippen LogP contribution in [0.5, 0.6) is 0 Å². The Morgan fingerprint density at radius 1 is 1.24 bits per heavy atom. The maximum absolute atomic E-state index is 12.9. The maximum atomic E-state index is 12.9. The van der Waals surface area contributed by atoms with Gasteiger partial charge in [-0.05, 0) is 43.3 Å². The van der Waals surface area contributed by atoms with Crippen LogP contribution in [-0.2, 0) is 9.53 Å². The van der Waals surface area contributed by atoms with E-state index in [1.807, 2.05) is 66.6 Å². The highest BCUT2D eigenvalue weighted by Crippen LogP contribution is 2.29. The summed E-state index contributed by atoms with van der Waals surface area (Å²) in [4.78, 5) is 30.7. The van der Waals surface area contributed by atoms with Crippen molar-refractivity contribution < 1.29 is 14.3 Å². The van der Waals surface area contributed by atoms with E-state index in [9.17, 15) is 9.59 Å². The summed E-state index contributed by atoms with van der Waals surface area (Å²) < 4.78 is 5.50. The fraction of sp³-hybridized carbons (Fsp3) is 0.478. The van der Waals surface area contributed by atoms with Crippen molar-refractivity contribution >= 4 is 28.7 Å². The molecule has 2 aromatic rings. The van der Waals surface area contributed by atoms with Crippen LogP contribution < -0.4 is 4.90 Å². The molecule has 0 spiro atoms. The van der Waals surface area contributed by atoms with Crippen molar-refractivity contribution in [1.82, 2.24) is 4.90 Å². The molecule has 29 heavy (non-hydrogen) atoms. The molecule has 1 amide bonds. The Morgan fingerprint density at radius 3 is 2.62 bits per heavy atom. The van der Waals surface area contributed by atoms with Gasteiger partial charge in [-0.3, -0.25) is 14.5 Å². The zero-order chi connectivity index (χ0) is 20.8. The number of carbonyl (C=O) groups is 2. The number of methoxy groups -OCH3 is 1. The molecule has 156 valence electrons. The maximum Gasteiger partial charge on any atom is 0.226 e. The minimum absolute atomic E-state index is 0.0912. The van der Waals surface area contributed by atoms with Crippen molar-refractivity contribution in [1.29, 1.82) is 0 Å². The lowest BCUT2D eigenvalue weighted by Crippen LogP contribution is -2.56. The molecule has 3 unspecified atom stereocenters. The minimum Gasteiger partial charge on any atom is -0.383 e. The Kier molecular flexibility index (Phi) is 7.58. The topological polar surface area (TPSA) is 49.9 Å². The summed E-state index contributed by atoms with van der Waals surface area (Å²) in [6.45, 7) is 5.19. The third kappa shape index (κ3) is 4.94. The van der Waals surface area contributed by atoms with Gasteiger partial charge in [0.1, 0.15) is 0 Å². The lowest BCUT2D eigenvalue weighted by atomic mass is 9.93. The number of benzene rings is 1. The van der Waals surface area contributed by atoms with Gasteiger partial charge in [0.05, 0.1) is 17.5 Å². The number of hydrogen-bond donors (Lipinski definition) is 0.